The number of nitrogens with two attached hydrogens (primary N) is 1. The fourth-order valence-electron chi connectivity index (χ4n) is 2.15. The number of nitrogens with zero attached hydrogens (tertiary/aromatic N) is 1. The molecule has 1 aromatic carbocycles. The summed E-state index contributed by atoms with van der Waals surface area (Å²) in [5.74, 6) is -0.993. The number of hydrogen-bond acceptors (Lipinski definition) is 5. The quantitative estimate of drug-likeness (QED) is 0.334. The zero-order valence-electron chi connectivity index (χ0n) is 14.0. The molecule has 0 saturated carbocycles. The number of amides is 2. The standard InChI is InChI=1S/C16H26BN3O4/c1-20(16(22)11-13-7-3-2-4-8-13)12-15(21)19-10-6-5-9-14(18)17(23)24/h2-4,7-8,14,23-24H,5-6,9-12,18H2,1H3,(H,19,21). The molecule has 0 aliphatic rings. The van der Waals surface area contributed by atoms with Gasteiger partial charge in [0.15, 0.2) is 0 Å². The van der Waals surface area contributed by atoms with Gasteiger partial charge in [-0.1, -0.05) is 36.8 Å². The maximum absolute atomic E-state index is 12.0. The molecular weight excluding hydrogens is 309 g/mol. The third-order valence-corrected chi connectivity index (χ3v) is 3.67. The number of carbonyl (C=O) groups is 2. The predicted octanol–water partition coefficient (Wildman–Crippen LogP) is -0.687. The highest BCUT2D eigenvalue weighted by molar-refractivity contribution is 6.43. The molecule has 1 atom stereocenters. The molecule has 1 unspecified atom stereocenters. The van der Waals surface area contributed by atoms with Crippen LogP contribution in [0, 0.1) is 0 Å². The molecule has 0 bridgehead atoms. The van der Waals surface area contributed by atoms with Crippen molar-refractivity contribution in [1.82, 2.24) is 10.2 Å². The summed E-state index contributed by atoms with van der Waals surface area (Å²) in [6, 6.07) is 9.38. The van der Waals surface area contributed by atoms with Gasteiger partial charge in [0.2, 0.25) is 11.8 Å². The molecule has 0 saturated heterocycles. The van der Waals surface area contributed by atoms with Crippen molar-refractivity contribution in [3.8, 4) is 0 Å². The first kappa shape index (κ1) is 20.2. The van der Waals surface area contributed by atoms with Crippen LogP contribution in [0.25, 0.3) is 0 Å². The van der Waals surface area contributed by atoms with E-state index in [0.717, 1.165) is 5.56 Å². The van der Waals surface area contributed by atoms with Crippen molar-refractivity contribution in [1.29, 1.82) is 0 Å². The van der Waals surface area contributed by atoms with Crippen molar-refractivity contribution < 1.29 is 19.6 Å². The van der Waals surface area contributed by atoms with Crippen LogP contribution in [0.5, 0.6) is 0 Å². The number of unbranched alkanes of at least 4 members (excludes halogenated alkanes) is 1. The molecule has 24 heavy (non-hydrogen) atoms. The lowest BCUT2D eigenvalue weighted by Gasteiger charge is -2.17. The van der Waals surface area contributed by atoms with Crippen LogP contribution in [0.15, 0.2) is 30.3 Å². The Kier molecular flexibility index (Phi) is 9.07. The van der Waals surface area contributed by atoms with Gasteiger partial charge in [-0.2, -0.15) is 0 Å². The average Bonchev–Trinajstić information content (AvgIpc) is 2.55. The second-order valence-corrected chi connectivity index (χ2v) is 5.84. The number of hydrogen-bond donors (Lipinski definition) is 4. The first-order valence-electron chi connectivity index (χ1n) is 8.06. The monoisotopic (exact) mass is 335 g/mol. The minimum absolute atomic E-state index is 0.0144. The van der Waals surface area contributed by atoms with Crippen LogP contribution >= 0.6 is 0 Å². The number of benzene rings is 1. The van der Waals surface area contributed by atoms with E-state index in [0.29, 0.717) is 25.8 Å². The molecule has 2 amide bonds. The summed E-state index contributed by atoms with van der Waals surface area (Å²) in [6.07, 6.45) is 2.12. The van der Waals surface area contributed by atoms with Gasteiger partial charge in [-0.25, -0.2) is 0 Å². The smallest absolute Gasteiger partial charge is 0.426 e. The van der Waals surface area contributed by atoms with Gasteiger partial charge in [0.25, 0.3) is 0 Å². The van der Waals surface area contributed by atoms with E-state index in [-0.39, 0.29) is 24.8 Å². The van der Waals surface area contributed by atoms with Gasteiger partial charge in [-0.15, -0.1) is 0 Å². The van der Waals surface area contributed by atoms with Crippen molar-refractivity contribution in [3.05, 3.63) is 35.9 Å². The molecule has 7 nitrogen and oxygen atoms in total. The molecule has 0 aromatic heterocycles. The summed E-state index contributed by atoms with van der Waals surface area (Å²) in [5.41, 5.74) is 6.40. The van der Waals surface area contributed by atoms with Gasteiger partial charge >= 0.3 is 7.12 Å². The summed E-state index contributed by atoms with van der Waals surface area (Å²) in [4.78, 5) is 25.3. The molecule has 0 spiro atoms. The van der Waals surface area contributed by atoms with Crippen LogP contribution in [0.3, 0.4) is 0 Å². The molecule has 1 rings (SSSR count). The van der Waals surface area contributed by atoms with Crippen molar-refractivity contribution >= 4 is 18.9 Å². The number of nitrogens with one attached hydrogen (secondary N) is 1. The average molecular weight is 335 g/mol. The Labute approximate surface area is 143 Å². The topological polar surface area (TPSA) is 116 Å². The Morgan fingerprint density at radius 3 is 2.54 bits per heavy atom. The molecule has 0 aliphatic carbocycles. The Hall–Kier alpha value is -1.90. The number of carbonyl (C=O) groups excluding carboxylic acids is 2. The lowest BCUT2D eigenvalue weighted by Crippen LogP contribution is -2.40. The zero-order chi connectivity index (χ0) is 17.9. The van der Waals surface area contributed by atoms with E-state index >= 15 is 0 Å². The summed E-state index contributed by atoms with van der Waals surface area (Å²) in [7, 11) is 0.0934. The lowest BCUT2D eigenvalue weighted by atomic mass is 9.77. The van der Waals surface area contributed by atoms with E-state index in [1.807, 2.05) is 30.3 Å². The van der Waals surface area contributed by atoms with Crippen LogP contribution in [-0.4, -0.2) is 60.0 Å². The highest BCUT2D eigenvalue weighted by Gasteiger charge is 2.17. The van der Waals surface area contributed by atoms with Crippen LogP contribution < -0.4 is 11.1 Å². The molecule has 0 aliphatic heterocycles. The summed E-state index contributed by atoms with van der Waals surface area (Å²) >= 11 is 0. The Morgan fingerprint density at radius 1 is 1.25 bits per heavy atom. The van der Waals surface area contributed by atoms with Gasteiger partial charge < -0.3 is 26.0 Å². The van der Waals surface area contributed by atoms with E-state index in [1.54, 1.807) is 7.05 Å². The maximum Gasteiger partial charge on any atom is 0.469 e. The SMILES string of the molecule is CN(CC(=O)NCCCCC(N)B(O)O)C(=O)Cc1ccccc1. The molecule has 8 heteroatoms. The van der Waals surface area contributed by atoms with Crippen LogP contribution in [0.2, 0.25) is 0 Å². The fraction of sp³-hybridized carbons (Fsp3) is 0.500. The van der Waals surface area contributed by atoms with Gasteiger partial charge in [0.05, 0.1) is 13.0 Å². The van der Waals surface area contributed by atoms with Crippen molar-refractivity contribution in [2.24, 2.45) is 5.73 Å². The van der Waals surface area contributed by atoms with Gasteiger partial charge in [-0.05, 0) is 18.4 Å². The normalized spacial score (nSPS) is 11.7. The number of likely N-dealkylation sites (N-methyl/N-ethyl adjacent to an activating group) is 1. The minimum atomic E-state index is -1.51. The molecule has 0 fully saturated rings. The Balaban J connectivity index is 2.18. The highest BCUT2D eigenvalue weighted by Crippen LogP contribution is 2.02. The van der Waals surface area contributed by atoms with Crippen LogP contribution in [0.1, 0.15) is 24.8 Å². The third-order valence-electron chi connectivity index (χ3n) is 3.67. The van der Waals surface area contributed by atoms with Crippen molar-refractivity contribution in [3.63, 3.8) is 0 Å². The first-order valence-corrected chi connectivity index (χ1v) is 8.06. The first-order chi connectivity index (χ1) is 11.4. The van der Waals surface area contributed by atoms with E-state index in [9.17, 15) is 9.59 Å². The second-order valence-electron chi connectivity index (χ2n) is 5.84. The second kappa shape index (κ2) is 10.8. The third kappa shape index (κ3) is 8.10. The van der Waals surface area contributed by atoms with Gasteiger partial charge in [0, 0.05) is 19.5 Å². The maximum atomic E-state index is 12.0. The highest BCUT2D eigenvalue weighted by atomic mass is 16.4. The summed E-state index contributed by atoms with van der Waals surface area (Å²) in [5, 5.41) is 20.4. The fourth-order valence-corrected chi connectivity index (χ4v) is 2.15. The molecular formula is C16H26BN3O4. The van der Waals surface area contributed by atoms with Crippen LogP contribution in [0.4, 0.5) is 0 Å². The Morgan fingerprint density at radius 2 is 1.92 bits per heavy atom. The molecule has 132 valence electrons. The van der Waals surface area contributed by atoms with E-state index in [2.05, 4.69) is 5.32 Å². The predicted molar refractivity (Wildman–Crippen MR) is 92.8 cm³/mol. The molecule has 5 N–H and O–H groups in total. The van der Waals surface area contributed by atoms with Gasteiger partial charge in [-0.3, -0.25) is 9.59 Å². The van der Waals surface area contributed by atoms with E-state index in [1.165, 1.54) is 4.90 Å². The minimum Gasteiger partial charge on any atom is -0.426 e. The Bertz CT molecular complexity index is 513. The summed E-state index contributed by atoms with van der Waals surface area (Å²) in [6.45, 7) is 0.480. The molecule has 0 heterocycles. The molecule has 1 aromatic rings. The van der Waals surface area contributed by atoms with Crippen molar-refractivity contribution in [2.45, 2.75) is 31.6 Å². The summed E-state index contributed by atoms with van der Waals surface area (Å²) < 4.78 is 0. The zero-order valence-corrected chi connectivity index (χ0v) is 14.0. The lowest BCUT2D eigenvalue weighted by molar-refractivity contribution is -0.134. The van der Waals surface area contributed by atoms with E-state index in [4.69, 9.17) is 15.8 Å². The van der Waals surface area contributed by atoms with E-state index < -0.39 is 13.1 Å². The molecule has 0 radical (unpaired) electrons. The van der Waals surface area contributed by atoms with Crippen LogP contribution in [-0.2, 0) is 16.0 Å². The van der Waals surface area contributed by atoms with Gasteiger partial charge in [0.1, 0.15) is 0 Å². The number of rotatable bonds is 10. The van der Waals surface area contributed by atoms with Crippen molar-refractivity contribution in [2.75, 3.05) is 20.1 Å². The largest absolute Gasteiger partial charge is 0.469 e.